The standard InChI is InChI=1S/C10H12NO2.K/c1-11-5-4-8-2-3-9-10(6-8)13-7-12-9;/h2-3,6H,4-5,7H2,1H3;/q-1;+1. The zero-order valence-electron chi connectivity index (χ0n) is 8.62. The van der Waals surface area contributed by atoms with Crippen LogP contribution in [-0.4, -0.2) is 20.4 Å². The summed E-state index contributed by atoms with van der Waals surface area (Å²) in [5, 5.41) is 4.05. The maximum atomic E-state index is 5.27. The van der Waals surface area contributed by atoms with E-state index in [4.69, 9.17) is 9.47 Å². The normalized spacial score (nSPS) is 12.4. The molecule has 0 spiro atoms. The second-order valence-electron chi connectivity index (χ2n) is 2.98. The average molecular weight is 217 g/mol. The quantitative estimate of drug-likeness (QED) is 0.606. The number of likely N-dealkylation sites (N-methyl/N-ethyl adjacent to an activating group) is 1. The van der Waals surface area contributed by atoms with Crippen molar-refractivity contribution in [3.63, 3.8) is 0 Å². The van der Waals surface area contributed by atoms with Gasteiger partial charge in [-0.05, 0) is 24.1 Å². The Kier molecular flexibility index (Phi) is 5.44. The fraction of sp³-hybridized carbons (Fsp3) is 0.400. The fourth-order valence-electron chi connectivity index (χ4n) is 1.34. The first-order valence-corrected chi connectivity index (χ1v) is 4.34. The van der Waals surface area contributed by atoms with Crippen LogP contribution in [0.2, 0.25) is 0 Å². The van der Waals surface area contributed by atoms with Crippen molar-refractivity contribution in [3.05, 3.63) is 29.1 Å². The molecule has 0 aromatic heterocycles. The number of hydrogen-bond donors (Lipinski definition) is 0. The molecule has 1 aliphatic heterocycles. The molecule has 0 aliphatic carbocycles. The first kappa shape index (κ1) is 12.5. The molecular weight excluding hydrogens is 205 g/mol. The van der Waals surface area contributed by atoms with E-state index in [1.54, 1.807) is 0 Å². The molecule has 0 radical (unpaired) electrons. The van der Waals surface area contributed by atoms with Crippen LogP contribution in [0, 0.1) is 0 Å². The van der Waals surface area contributed by atoms with Crippen molar-refractivity contribution in [2.75, 3.05) is 20.4 Å². The Morgan fingerprint density at radius 1 is 1.29 bits per heavy atom. The number of nitrogens with zero attached hydrogens (tertiary/aromatic N) is 1. The SMILES string of the molecule is C[N-]CCc1ccc2c(c1)OCO2.[K+]. The molecule has 0 bridgehead atoms. The third-order valence-corrected chi connectivity index (χ3v) is 2.06. The van der Waals surface area contributed by atoms with Crippen LogP contribution < -0.4 is 60.9 Å². The monoisotopic (exact) mass is 217 g/mol. The van der Waals surface area contributed by atoms with E-state index >= 15 is 0 Å². The third-order valence-electron chi connectivity index (χ3n) is 2.06. The van der Waals surface area contributed by atoms with Gasteiger partial charge in [-0.2, -0.15) is 7.05 Å². The Balaban J connectivity index is 0.000000980. The molecule has 0 N–H and O–H groups in total. The second kappa shape index (κ2) is 6.10. The molecule has 1 heterocycles. The predicted molar refractivity (Wildman–Crippen MR) is 50.4 cm³/mol. The third kappa shape index (κ3) is 2.95. The molecule has 1 aromatic carbocycles. The van der Waals surface area contributed by atoms with E-state index in [1.807, 2.05) is 19.2 Å². The summed E-state index contributed by atoms with van der Waals surface area (Å²) in [6.45, 7) is 1.20. The summed E-state index contributed by atoms with van der Waals surface area (Å²) in [5.41, 5.74) is 1.25. The van der Waals surface area contributed by atoms with Crippen molar-refractivity contribution in [2.24, 2.45) is 0 Å². The summed E-state index contributed by atoms with van der Waals surface area (Å²) >= 11 is 0. The molecular formula is C10H12KNO2. The first-order valence-electron chi connectivity index (χ1n) is 4.34. The van der Waals surface area contributed by atoms with Crippen LogP contribution in [0.5, 0.6) is 11.5 Å². The van der Waals surface area contributed by atoms with Gasteiger partial charge in [-0.15, -0.1) is 6.54 Å². The number of benzene rings is 1. The molecule has 1 aliphatic rings. The molecule has 4 heteroatoms. The van der Waals surface area contributed by atoms with Crippen LogP contribution in [-0.2, 0) is 6.42 Å². The van der Waals surface area contributed by atoms with Gasteiger partial charge in [0.15, 0.2) is 11.5 Å². The molecule has 70 valence electrons. The van der Waals surface area contributed by atoms with E-state index in [2.05, 4.69) is 11.4 Å². The molecule has 0 fully saturated rings. The Morgan fingerprint density at radius 3 is 2.86 bits per heavy atom. The zero-order valence-corrected chi connectivity index (χ0v) is 11.7. The molecule has 0 amide bonds. The van der Waals surface area contributed by atoms with E-state index in [-0.39, 0.29) is 51.4 Å². The van der Waals surface area contributed by atoms with Crippen molar-refractivity contribution in [1.82, 2.24) is 0 Å². The topological polar surface area (TPSA) is 32.6 Å². The molecule has 14 heavy (non-hydrogen) atoms. The van der Waals surface area contributed by atoms with E-state index in [0.29, 0.717) is 6.79 Å². The van der Waals surface area contributed by atoms with Crippen molar-refractivity contribution < 1.29 is 60.9 Å². The summed E-state index contributed by atoms with van der Waals surface area (Å²) < 4.78 is 10.5. The summed E-state index contributed by atoms with van der Waals surface area (Å²) in [7, 11) is 1.83. The minimum absolute atomic E-state index is 0. The van der Waals surface area contributed by atoms with Gasteiger partial charge in [-0.3, -0.25) is 0 Å². The zero-order chi connectivity index (χ0) is 9.10. The molecule has 2 rings (SSSR count). The Hall–Kier alpha value is 0.416. The van der Waals surface area contributed by atoms with Gasteiger partial charge >= 0.3 is 51.4 Å². The average Bonchev–Trinajstić information content (AvgIpc) is 2.61. The van der Waals surface area contributed by atoms with Gasteiger partial charge in [0, 0.05) is 0 Å². The largest absolute Gasteiger partial charge is 1.00 e. The minimum Gasteiger partial charge on any atom is -0.665 e. The molecule has 0 unspecified atom stereocenters. The van der Waals surface area contributed by atoms with Crippen LogP contribution in [0.4, 0.5) is 0 Å². The molecule has 3 nitrogen and oxygen atoms in total. The van der Waals surface area contributed by atoms with Crippen molar-refractivity contribution >= 4 is 0 Å². The predicted octanol–water partition coefficient (Wildman–Crippen LogP) is -1.03. The maximum Gasteiger partial charge on any atom is 1.00 e. The molecule has 1 aromatic rings. The summed E-state index contributed by atoms with van der Waals surface area (Å²) in [4.78, 5) is 0. The number of ether oxygens (including phenoxy) is 2. The van der Waals surface area contributed by atoms with Gasteiger partial charge in [-0.25, -0.2) is 0 Å². The fourth-order valence-corrected chi connectivity index (χ4v) is 1.34. The van der Waals surface area contributed by atoms with Crippen LogP contribution in [0.15, 0.2) is 18.2 Å². The second-order valence-corrected chi connectivity index (χ2v) is 2.98. The summed E-state index contributed by atoms with van der Waals surface area (Å²) in [5.74, 6) is 1.70. The Morgan fingerprint density at radius 2 is 2.07 bits per heavy atom. The van der Waals surface area contributed by atoms with Gasteiger partial charge in [0.2, 0.25) is 6.79 Å². The molecule has 0 saturated carbocycles. The van der Waals surface area contributed by atoms with Gasteiger partial charge in [0.05, 0.1) is 0 Å². The van der Waals surface area contributed by atoms with Crippen molar-refractivity contribution in [2.45, 2.75) is 6.42 Å². The van der Waals surface area contributed by atoms with Gasteiger partial charge in [-0.1, -0.05) is 6.07 Å². The van der Waals surface area contributed by atoms with Crippen molar-refractivity contribution in [3.8, 4) is 11.5 Å². The van der Waals surface area contributed by atoms with E-state index in [0.717, 1.165) is 24.5 Å². The van der Waals surface area contributed by atoms with Crippen molar-refractivity contribution in [1.29, 1.82) is 0 Å². The Bertz CT molecular complexity index is 304. The van der Waals surface area contributed by atoms with Gasteiger partial charge < -0.3 is 14.8 Å². The van der Waals surface area contributed by atoms with Gasteiger partial charge in [0.1, 0.15) is 0 Å². The number of hydrogen-bond acceptors (Lipinski definition) is 2. The van der Waals surface area contributed by atoms with E-state index < -0.39 is 0 Å². The van der Waals surface area contributed by atoms with E-state index in [9.17, 15) is 0 Å². The Labute approximate surface area is 127 Å². The van der Waals surface area contributed by atoms with Crippen LogP contribution in [0.25, 0.3) is 5.32 Å². The maximum absolute atomic E-state index is 5.27. The minimum atomic E-state index is 0. The van der Waals surface area contributed by atoms with Crippen LogP contribution >= 0.6 is 0 Å². The first-order chi connectivity index (χ1) is 6.40. The summed E-state index contributed by atoms with van der Waals surface area (Å²) in [6.07, 6.45) is 0.965. The molecule has 0 saturated heterocycles. The number of fused-ring (bicyclic) bond motifs is 1. The van der Waals surface area contributed by atoms with Gasteiger partial charge in [0.25, 0.3) is 0 Å². The summed E-state index contributed by atoms with van der Waals surface area (Å²) in [6, 6.07) is 6.03. The van der Waals surface area contributed by atoms with E-state index in [1.165, 1.54) is 5.56 Å². The van der Waals surface area contributed by atoms with Crippen LogP contribution in [0.3, 0.4) is 0 Å². The number of rotatable bonds is 3. The molecule has 0 atom stereocenters. The smallest absolute Gasteiger partial charge is 0.665 e. The van der Waals surface area contributed by atoms with Crippen LogP contribution in [0.1, 0.15) is 5.56 Å².